The van der Waals surface area contributed by atoms with Crippen molar-refractivity contribution in [3.63, 3.8) is 0 Å². The molecule has 0 bridgehead atoms. The molecule has 4 aromatic rings. The van der Waals surface area contributed by atoms with E-state index in [9.17, 15) is 14.4 Å². The van der Waals surface area contributed by atoms with Crippen molar-refractivity contribution in [2.75, 3.05) is 18.8 Å². The zero-order valence-electron chi connectivity index (χ0n) is 19.4. The normalized spacial score (nSPS) is 15.5. The maximum absolute atomic E-state index is 13.1. The first-order valence-corrected chi connectivity index (χ1v) is 11.3. The Bertz CT molecular complexity index is 1470. The van der Waals surface area contributed by atoms with E-state index in [-0.39, 0.29) is 35.1 Å². The highest BCUT2D eigenvalue weighted by molar-refractivity contribution is 6.01. The summed E-state index contributed by atoms with van der Waals surface area (Å²) in [6, 6.07) is 8.62. The first-order valence-electron chi connectivity index (χ1n) is 11.3. The number of nitrogen functional groups attached to an aromatic ring is 1. The van der Waals surface area contributed by atoms with Crippen LogP contribution < -0.4 is 11.1 Å². The van der Waals surface area contributed by atoms with Crippen molar-refractivity contribution in [1.29, 1.82) is 0 Å². The number of aryl methyl sites for hydroxylation is 1. The number of hydrogen-bond donors (Lipinski definition) is 2. The molecule has 0 saturated carbocycles. The van der Waals surface area contributed by atoms with E-state index in [4.69, 9.17) is 5.73 Å². The molecule has 10 heteroatoms. The molecule has 1 fully saturated rings. The summed E-state index contributed by atoms with van der Waals surface area (Å²) in [6.45, 7) is 2.42. The van der Waals surface area contributed by atoms with Crippen molar-refractivity contribution in [2.45, 2.75) is 19.4 Å². The lowest BCUT2D eigenvalue weighted by Gasteiger charge is -2.18. The third kappa shape index (κ3) is 4.25. The minimum Gasteiger partial charge on any atom is -0.383 e. The molecule has 1 aliphatic heterocycles. The van der Waals surface area contributed by atoms with Crippen molar-refractivity contribution in [2.24, 2.45) is 7.05 Å². The first kappa shape index (κ1) is 22.3. The average Bonchev–Trinajstić information content (AvgIpc) is 3.58. The average molecular weight is 472 g/mol. The number of carbonyl (C=O) groups is 3. The largest absolute Gasteiger partial charge is 0.383 e. The predicted molar refractivity (Wildman–Crippen MR) is 131 cm³/mol. The SMILES string of the molecule is CC(=O)n1ccc2cc(C(=O)N3CCC(NC(=O)c4cc(-c5cnn(C)c5)cnc4N)C3)ccc21. The van der Waals surface area contributed by atoms with Gasteiger partial charge in [-0.25, -0.2) is 4.98 Å². The smallest absolute Gasteiger partial charge is 0.255 e. The lowest BCUT2D eigenvalue weighted by molar-refractivity contribution is 0.0783. The minimum absolute atomic E-state index is 0.0842. The van der Waals surface area contributed by atoms with Gasteiger partial charge in [0.05, 0.1) is 17.3 Å². The van der Waals surface area contributed by atoms with Crippen LogP contribution in [0.25, 0.3) is 22.0 Å². The van der Waals surface area contributed by atoms with Crippen molar-refractivity contribution in [3.8, 4) is 11.1 Å². The summed E-state index contributed by atoms with van der Waals surface area (Å²) in [4.78, 5) is 43.7. The molecular weight excluding hydrogens is 446 g/mol. The molecule has 1 aromatic carbocycles. The van der Waals surface area contributed by atoms with Crippen LogP contribution in [0.1, 0.15) is 38.9 Å². The van der Waals surface area contributed by atoms with Crippen LogP contribution in [-0.2, 0) is 7.05 Å². The number of nitrogens with two attached hydrogens (primary N) is 1. The van der Waals surface area contributed by atoms with E-state index < -0.39 is 0 Å². The van der Waals surface area contributed by atoms with Crippen LogP contribution in [-0.4, -0.2) is 61.1 Å². The summed E-state index contributed by atoms with van der Waals surface area (Å²) in [5, 5.41) is 7.96. The molecule has 10 nitrogen and oxygen atoms in total. The number of pyridine rings is 1. The number of rotatable bonds is 4. The lowest BCUT2D eigenvalue weighted by Crippen LogP contribution is -2.38. The van der Waals surface area contributed by atoms with E-state index in [0.29, 0.717) is 25.1 Å². The maximum Gasteiger partial charge on any atom is 0.255 e. The Kier molecular flexibility index (Phi) is 5.56. The molecule has 1 unspecified atom stereocenters. The van der Waals surface area contributed by atoms with Gasteiger partial charge in [-0.15, -0.1) is 0 Å². The Labute approximate surface area is 201 Å². The maximum atomic E-state index is 13.1. The molecule has 2 amide bonds. The number of amides is 2. The van der Waals surface area contributed by atoms with E-state index >= 15 is 0 Å². The molecule has 0 radical (unpaired) electrons. The van der Waals surface area contributed by atoms with E-state index in [1.807, 2.05) is 19.3 Å². The van der Waals surface area contributed by atoms with Gasteiger partial charge in [0.15, 0.2) is 0 Å². The van der Waals surface area contributed by atoms with Gasteiger partial charge in [-0.2, -0.15) is 5.10 Å². The van der Waals surface area contributed by atoms with Crippen LogP contribution in [0.5, 0.6) is 0 Å². The number of anilines is 1. The Morgan fingerprint density at radius 2 is 1.94 bits per heavy atom. The summed E-state index contributed by atoms with van der Waals surface area (Å²) < 4.78 is 3.22. The van der Waals surface area contributed by atoms with Gasteiger partial charge in [0.1, 0.15) is 5.82 Å². The van der Waals surface area contributed by atoms with Crippen LogP contribution in [0.4, 0.5) is 5.82 Å². The molecule has 3 N–H and O–H groups in total. The second kappa shape index (κ2) is 8.71. The molecule has 1 saturated heterocycles. The summed E-state index contributed by atoms with van der Waals surface area (Å²) in [5.41, 5.74) is 9.16. The van der Waals surface area contributed by atoms with Gasteiger partial charge in [0, 0.05) is 73.8 Å². The third-order valence-corrected chi connectivity index (χ3v) is 6.29. The molecule has 0 aliphatic carbocycles. The Morgan fingerprint density at radius 1 is 1.11 bits per heavy atom. The van der Waals surface area contributed by atoms with Crippen LogP contribution in [0.3, 0.4) is 0 Å². The number of likely N-dealkylation sites (tertiary alicyclic amines) is 1. The zero-order chi connectivity index (χ0) is 24.7. The number of nitrogens with zero attached hydrogens (tertiary/aromatic N) is 5. The van der Waals surface area contributed by atoms with Crippen LogP contribution >= 0.6 is 0 Å². The van der Waals surface area contributed by atoms with Gasteiger partial charge in [-0.3, -0.25) is 23.6 Å². The fourth-order valence-corrected chi connectivity index (χ4v) is 4.44. The topological polar surface area (TPSA) is 128 Å². The summed E-state index contributed by atoms with van der Waals surface area (Å²) in [5.74, 6) is -0.378. The fraction of sp³-hybridized carbons (Fsp3) is 0.240. The number of nitrogens with one attached hydrogen (secondary N) is 1. The molecule has 35 heavy (non-hydrogen) atoms. The van der Waals surface area contributed by atoms with Crippen molar-refractivity contribution in [3.05, 3.63) is 66.2 Å². The van der Waals surface area contributed by atoms with Crippen LogP contribution in [0, 0.1) is 0 Å². The van der Waals surface area contributed by atoms with Gasteiger partial charge in [0.25, 0.3) is 11.8 Å². The number of aromatic nitrogens is 4. The standard InChI is InChI=1S/C25H25N7O3/c1-15(33)32-8-5-16-9-17(3-4-22(16)32)25(35)31-7-6-20(14-31)29-24(34)21-10-18(11-27-23(21)26)19-12-28-30(2)13-19/h3-5,8-13,20H,6-7,14H2,1-2H3,(H2,26,27)(H,29,34). The van der Waals surface area contributed by atoms with Gasteiger partial charge in [-0.05, 0) is 36.8 Å². The number of benzene rings is 1. The second-order valence-electron chi connectivity index (χ2n) is 8.75. The number of hydrogen-bond acceptors (Lipinski definition) is 6. The summed E-state index contributed by atoms with van der Waals surface area (Å²) in [7, 11) is 1.81. The van der Waals surface area contributed by atoms with Gasteiger partial charge in [-0.1, -0.05) is 0 Å². The van der Waals surface area contributed by atoms with E-state index in [0.717, 1.165) is 22.0 Å². The molecule has 3 aromatic heterocycles. The monoisotopic (exact) mass is 471 g/mol. The van der Waals surface area contributed by atoms with E-state index in [1.165, 1.54) is 6.92 Å². The van der Waals surface area contributed by atoms with Crippen LogP contribution in [0.15, 0.2) is 55.1 Å². The zero-order valence-corrected chi connectivity index (χ0v) is 19.4. The Hall–Kier alpha value is -4.47. The highest BCUT2D eigenvalue weighted by Crippen LogP contribution is 2.23. The van der Waals surface area contributed by atoms with Crippen molar-refractivity contribution in [1.82, 2.24) is 29.5 Å². The molecule has 178 valence electrons. The molecule has 0 spiro atoms. The fourth-order valence-electron chi connectivity index (χ4n) is 4.44. The van der Waals surface area contributed by atoms with Gasteiger partial charge < -0.3 is 16.0 Å². The third-order valence-electron chi connectivity index (χ3n) is 6.29. The Balaban J connectivity index is 1.27. The molecule has 1 aliphatic rings. The number of carbonyl (C=O) groups excluding carboxylic acids is 3. The minimum atomic E-state index is -0.327. The van der Waals surface area contributed by atoms with Crippen LogP contribution in [0.2, 0.25) is 0 Å². The predicted octanol–water partition coefficient (Wildman–Crippen LogP) is 2.32. The highest BCUT2D eigenvalue weighted by Gasteiger charge is 2.29. The van der Waals surface area contributed by atoms with Gasteiger partial charge >= 0.3 is 0 Å². The molecule has 4 heterocycles. The quantitative estimate of drug-likeness (QED) is 0.470. The van der Waals surface area contributed by atoms with Crippen molar-refractivity contribution < 1.29 is 14.4 Å². The molecule has 5 rings (SSSR count). The highest BCUT2D eigenvalue weighted by atomic mass is 16.2. The first-order chi connectivity index (χ1) is 16.8. The summed E-state index contributed by atoms with van der Waals surface area (Å²) in [6.07, 6.45) is 7.48. The second-order valence-corrected chi connectivity index (χ2v) is 8.75. The number of fused-ring (bicyclic) bond motifs is 1. The van der Waals surface area contributed by atoms with E-state index in [1.54, 1.807) is 57.0 Å². The molecule has 1 atom stereocenters. The van der Waals surface area contributed by atoms with Gasteiger partial charge in [0.2, 0.25) is 5.91 Å². The summed E-state index contributed by atoms with van der Waals surface area (Å²) >= 11 is 0. The van der Waals surface area contributed by atoms with E-state index in [2.05, 4.69) is 15.4 Å². The Morgan fingerprint density at radius 3 is 2.69 bits per heavy atom. The lowest BCUT2D eigenvalue weighted by atomic mass is 10.1. The molecular formula is C25H25N7O3. The van der Waals surface area contributed by atoms with Crippen molar-refractivity contribution >= 4 is 34.4 Å².